The summed E-state index contributed by atoms with van der Waals surface area (Å²) in [6, 6.07) is 14.2. The number of aromatic nitrogens is 4. The quantitative estimate of drug-likeness (QED) is 0.288. The van der Waals surface area contributed by atoms with Crippen LogP contribution < -0.4 is 29.7 Å². The van der Waals surface area contributed by atoms with Gasteiger partial charge in [-0.05, 0) is 47.9 Å². The largest absolute Gasteiger partial charge is 0.497 e. The van der Waals surface area contributed by atoms with Gasteiger partial charge in [0.1, 0.15) is 17.9 Å². The number of methoxy groups -OCH3 is 1. The number of carbonyl (C=O) groups excluding carboxylic acids is 2. The number of fused-ring (bicyclic) bond motifs is 1. The summed E-state index contributed by atoms with van der Waals surface area (Å²) in [6.07, 6.45) is 5.29. The summed E-state index contributed by atoms with van der Waals surface area (Å²) in [4.78, 5) is 44.3. The van der Waals surface area contributed by atoms with Crippen molar-refractivity contribution in [3.63, 3.8) is 0 Å². The molecule has 1 saturated heterocycles. The molecule has 2 aromatic carbocycles. The van der Waals surface area contributed by atoms with E-state index in [1.165, 1.54) is 0 Å². The average Bonchev–Trinajstić information content (AvgIpc) is 3.77. The van der Waals surface area contributed by atoms with Crippen LogP contribution in [0.15, 0.2) is 67.3 Å². The Labute approximate surface area is 261 Å². The molecule has 0 saturated carbocycles. The third kappa shape index (κ3) is 6.92. The van der Waals surface area contributed by atoms with Crippen molar-refractivity contribution in [1.29, 1.82) is 0 Å². The predicted molar refractivity (Wildman–Crippen MR) is 167 cm³/mol. The van der Waals surface area contributed by atoms with Crippen molar-refractivity contribution < 1.29 is 23.8 Å². The van der Waals surface area contributed by atoms with Gasteiger partial charge in [0.25, 0.3) is 0 Å². The summed E-state index contributed by atoms with van der Waals surface area (Å²) >= 11 is 0. The molecule has 234 valence electrons. The maximum atomic E-state index is 13.4. The Hall–Kier alpha value is -5.33. The Kier molecular flexibility index (Phi) is 8.67. The highest BCUT2D eigenvalue weighted by molar-refractivity contribution is 5.89. The first-order valence-corrected chi connectivity index (χ1v) is 14.9. The summed E-state index contributed by atoms with van der Waals surface area (Å²) in [5.74, 6) is 3.26. The molecule has 3 amide bonds. The minimum Gasteiger partial charge on any atom is -0.497 e. The van der Waals surface area contributed by atoms with Crippen molar-refractivity contribution in [2.24, 2.45) is 0 Å². The van der Waals surface area contributed by atoms with Gasteiger partial charge in [-0.25, -0.2) is 14.8 Å². The van der Waals surface area contributed by atoms with E-state index >= 15 is 0 Å². The maximum absolute atomic E-state index is 13.4. The third-order valence-electron chi connectivity index (χ3n) is 7.80. The first-order chi connectivity index (χ1) is 21.9. The van der Waals surface area contributed by atoms with Crippen molar-refractivity contribution in [3.05, 3.63) is 78.5 Å². The van der Waals surface area contributed by atoms with E-state index in [1.54, 1.807) is 59.6 Å². The van der Waals surface area contributed by atoms with E-state index < -0.39 is 0 Å². The molecule has 0 radical (unpaired) electrons. The number of urea groups is 1. The standard InChI is InChI=1S/C32H36N8O5/c1-21(2)26-16-29(37-31(36-26)39-11-10-33-19-39)40-13-12-38(32(42)35-23-5-7-25(43-3)8-6-23)18-24(40)15-30(41)34-17-22-4-9-27-28(14-22)45-20-44-27/h4-11,14,16,19,21,24H,12-13,15,17-18,20H2,1-3H3,(H,34,41)(H,35,42). The number of rotatable bonds is 9. The second-order valence-electron chi connectivity index (χ2n) is 11.2. The summed E-state index contributed by atoms with van der Waals surface area (Å²) in [5.41, 5.74) is 2.42. The van der Waals surface area contributed by atoms with Gasteiger partial charge in [0, 0.05) is 56.7 Å². The molecule has 0 bridgehead atoms. The van der Waals surface area contributed by atoms with Crippen LogP contribution in [0.1, 0.15) is 37.4 Å². The molecular weight excluding hydrogens is 576 g/mol. The normalized spacial score (nSPS) is 15.7. The monoisotopic (exact) mass is 612 g/mol. The smallest absolute Gasteiger partial charge is 0.321 e. The highest BCUT2D eigenvalue weighted by Gasteiger charge is 2.33. The number of amides is 3. The maximum Gasteiger partial charge on any atom is 0.321 e. The number of anilines is 2. The van der Waals surface area contributed by atoms with E-state index in [0.29, 0.717) is 60.9 Å². The minimum absolute atomic E-state index is 0.145. The molecule has 2 aliphatic rings. The number of benzene rings is 2. The zero-order valence-corrected chi connectivity index (χ0v) is 25.5. The molecule has 2 aromatic heterocycles. The van der Waals surface area contributed by atoms with Gasteiger partial charge in [0.05, 0.1) is 18.8 Å². The fraction of sp³-hybridized carbons (Fsp3) is 0.344. The fourth-order valence-corrected chi connectivity index (χ4v) is 5.31. The number of hydrogen-bond donors (Lipinski definition) is 2. The summed E-state index contributed by atoms with van der Waals surface area (Å²) in [6.45, 7) is 5.92. The molecule has 13 heteroatoms. The number of hydrogen-bond acceptors (Lipinski definition) is 9. The molecule has 1 atom stereocenters. The molecule has 4 heterocycles. The fourth-order valence-electron chi connectivity index (χ4n) is 5.31. The second kappa shape index (κ2) is 13.1. The first-order valence-electron chi connectivity index (χ1n) is 14.9. The van der Waals surface area contributed by atoms with Crippen molar-refractivity contribution in [3.8, 4) is 23.2 Å². The number of carbonyl (C=O) groups is 2. The van der Waals surface area contributed by atoms with Crippen molar-refractivity contribution in [1.82, 2.24) is 29.7 Å². The Bertz CT molecular complexity index is 1640. The minimum atomic E-state index is -0.345. The second-order valence-corrected chi connectivity index (χ2v) is 11.2. The van der Waals surface area contributed by atoms with E-state index in [9.17, 15) is 9.59 Å². The summed E-state index contributed by atoms with van der Waals surface area (Å²) in [7, 11) is 1.60. The Balaban J connectivity index is 1.22. The van der Waals surface area contributed by atoms with Crippen molar-refractivity contribution in [2.45, 2.75) is 38.8 Å². The van der Waals surface area contributed by atoms with Crippen LogP contribution >= 0.6 is 0 Å². The van der Waals surface area contributed by atoms with E-state index in [-0.39, 0.29) is 37.1 Å². The van der Waals surface area contributed by atoms with E-state index in [0.717, 1.165) is 11.3 Å². The van der Waals surface area contributed by atoms with Gasteiger partial charge in [0.15, 0.2) is 11.5 Å². The first kappa shape index (κ1) is 29.7. The third-order valence-corrected chi connectivity index (χ3v) is 7.80. The number of ether oxygens (including phenoxy) is 3. The van der Waals surface area contributed by atoms with E-state index in [1.807, 2.05) is 24.3 Å². The van der Waals surface area contributed by atoms with Crippen LogP contribution in [0.25, 0.3) is 5.95 Å². The molecule has 0 aliphatic carbocycles. The van der Waals surface area contributed by atoms with Crippen LogP contribution in [0.5, 0.6) is 17.2 Å². The molecule has 1 unspecified atom stereocenters. The topological polar surface area (TPSA) is 136 Å². The molecule has 6 rings (SSSR count). The molecule has 2 aliphatic heterocycles. The van der Waals surface area contributed by atoms with Crippen LogP contribution in [0, 0.1) is 0 Å². The molecule has 45 heavy (non-hydrogen) atoms. The zero-order chi connectivity index (χ0) is 31.3. The van der Waals surface area contributed by atoms with Crippen LogP contribution in [0.4, 0.5) is 16.3 Å². The van der Waals surface area contributed by atoms with Gasteiger partial charge in [-0.2, -0.15) is 4.98 Å². The lowest BCUT2D eigenvalue weighted by atomic mass is 10.1. The van der Waals surface area contributed by atoms with E-state index in [2.05, 4.69) is 34.4 Å². The molecule has 2 N–H and O–H groups in total. The van der Waals surface area contributed by atoms with Gasteiger partial charge in [0.2, 0.25) is 18.6 Å². The lowest BCUT2D eigenvalue weighted by molar-refractivity contribution is -0.121. The summed E-state index contributed by atoms with van der Waals surface area (Å²) in [5, 5.41) is 5.99. The Morgan fingerprint density at radius 1 is 1.04 bits per heavy atom. The highest BCUT2D eigenvalue weighted by Crippen LogP contribution is 2.32. The van der Waals surface area contributed by atoms with Crippen LogP contribution in [-0.2, 0) is 11.3 Å². The van der Waals surface area contributed by atoms with Gasteiger partial charge < -0.3 is 34.6 Å². The van der Waals surface area contributed by atoms with Crippen LogP contribution in [0.2, 0.25) is 0 Å². The lowest BCUT2D eigenvalue weighted by Gasteiger charge is -2.42. The lowest BCUT2D eigenvalue weighted by Crippen LogP contribution is -2.57. The van der Waals surface area contributed by atoms with Gasteiger partial charge in [-0.15, -0.1) is 0 Å². The number of imidazole rings is 1. The van der Waals surface area contributed by atoms with Gasteiger partial charge in [-0.1, -0.05) is 19.9 Å². The number of nitrogens with zero attached hydrogens (tertiary/aromatic N) is 6. The van der Waals surface area contributed by atoms with Crippen LogP contribution in [-0.4, -0.2) is 75.9 Å². The molecule has 4 aromatic rings. The van der Waals surface area contributed by atoms with Gasteiger partial charge in [-0.3, -0.25) is 9.36 Å². The summed E-state index contributed by atoms with van der Waals surface area (Å²) < 4.78 is 17.9. The van der Waals surface area contributed by atoms with Crippen molar-refractivity contribution in [2.75, 3.05) is 43.8 Å². The molecule has 0 spiro atoms. The number of nitrogens with one attached hydrogen (secondary N) is 2. The Morgan fingerprint density at radius 2 is 1.87 bits per heavy atom. The average molecular weight is 613 g/mol. The SMILES string of the molecule is COc1ccc(NC(=O)N2CCN(c3cc(C(C)C)nc(-n4ccnc4)n3)C(CC(=O)NCc3ccc4c(c3)OCO4)C2)cc1. The van der Waals surface area contributed by atoms with E-state index in [4.69, 9.17) is 24.2 Å². The molecular formula is C32H36N8O5. The van der Waals surface area contributed by atoms with Crippen LogP contribution in [0.3, 0.4) is 0 Å². The van der Waals surface area contributed by atoms with Crippen molar-refractivity contribution >= 4 is 23.4 Å². The Morgan fingerprint density at radius 3 is 2.62 bits per heavy atom. The molecule has 1 fully saturated rings. The molecule has 13 nitrogen and oxygen atoms in total. The zero-order valence-electron chi connectivity index (χ0n) is 25.5. The predicted octanol–water partition coefficient (Wildman–Crippen LogP) is 3.95. The highest BCUT2D eigenvalue weighted by atomic mass is 16.7. The number of piperazine rings is 1. The van der Waals surface area contributed by atoms with Gasteiger partial charge >= 0.3 is 6.03 Å².